The summed E-state index contributed by atoms with van der Waals surface area (Å²) in [5, 5.41) is 12.8. The molecule has 1 fully saturated rings. The number of aromatic nitrogens is 1. The van der Waals surface area contributed by atoms with Gasteiger partial charge in [-0.15, -0.1) is 0 Å². The first-order valence-electron chi connectivity index (χ1n) is 7.41. The summed E-state index contributed by atoms with van der Waals surface area (Å²) in [5.41, 5.74) is 0.922. The molecule has 2 heterocycles. The number of hydrogen-bond donors (Lipinski definition) is 3. The maximum atomic E-state index is 12.3. The van der Waals surface area contributed by atoms with E-state index in [1.54, 1.807) is 0 Å². The molecule has 22 heavy (non-hydrogen) atoms. The molecule has 3 N–H and O–H groups in total. The Bertz CT molecular complexity index is 613. The van der Waals surface area contributed by atoms with Gasteiger partial charge in [0.1, 0.15) is 11.3 Å². The third-order valence-electron chi connectivity index (χ3n) is 3.91. The van der Waals surface area contributed by atoms with Gasteiger partial charge in [-0.1, -0.05) is 18.2 Å². The maximum Gasteiger partial charge on any atom is 0.267 e. The molecule has 1 atom stereocenters. The summed E-state index contributed by atoms with van der Waals surface area (Å²) >= 11 is 0. The van der Waals surface area contributed by atoms with Gasteiger partial charge in [0.25, 0.3) is 5.91 Å². The lowest BCUT2D eigenvalue weighted by Gasteiger charge is -2.27. The Balaban J connectivity index is 1.65. The number of ether oxygens (including phenoxy) is 2. The van der Waals surface area contributed by atoms with Crippen LogP contribution in [0.25, 0.3) is 10.9 Å². The third kappa shape index (κ3) is 3.14. The van der Waals surface area contributed by atoms with Crippen LogP contribution < -0.4 is 5.32 Å². The molecule has 1 saturated heterocycles. The van der Waals surface area contributed by atoms with Crippen LogP contribution in [0, 0.1) is 0 Å². The number of fused-ring (bicyclic) bond motifs is 1. The number of aromatic amines is 1. The minimum atomic E-state index is -0.537. The van der Waals surface area contributed by atoms with E-state index < -0.39 is 5.60 Å². The number of aliphatic hydroxyl groups is 1. The lowest BCUT2D eigenvalue weighted by atomic mass is 10.0. The Hall–Kier alpha value is -1.89. The Morgan fingerprint density at radius 3 is 3.05 bits per heavy atom. The lowest BCUT2D eigenvalue weighted by Crippen LogP contribution is -2.46. The van der Waals surface area contributed by atoms with Crippen molar-refractivity contribution in [1.29, 1.82) is 0 Å². The minimum Gasteiger partial charge on any atom is -0.394 e. The van der Waals surface area contributed by atoms with Crippen LogP contribution in [0.15, 0.2) is 30.3 Å². The molecule has 2 aromatic rings. The largest absolute Gasteiger partial charge is 0.394 e. The number of nitrogens with one attached hydrogen (secondary N) is 2. The molecule has 118 valence electrons. The first kappa shape index (κ1) is 15.0. The number of amides is 1. The van der Waals surface area contributed by atoms with Gasteiger partial charge in [-0.3, -0.25) is 4.79 Å². The van der Waals surface area contributed by atoms with Crippen molar-refractivity contribution in [1.82, 2.24) is 10.3 Å². The van der Waals surface area contributed by atoms with Gasteiger partial charge in [-0.05, 0) is 12.1 Å². The van der Waals surface area contributed by atoms with E-state index in [2.05, 4.69) is 10.3 Å². The number of H-pyrrole nitrogens is 1. The van der Waals surface area contributed by atoms with Crippen LogP contribution in [0.2, 0.25) is 0 Å². The van der Waals surface area contributed by atoms with Crippen LogP contribution >= 0.6 is 0 Å². The van der Waals surface area contributed by atoms with Gasteiger partial charge in [0, 0.05) is 30.5 Å². The molecule has 1 aromatic carbocycles. The summed E-state index contributed by atoms with van der Waals surface area (Å²) in [6.07, 6.45) is 0.708. The molecule has 1 aliphatic heterocycles. The predicted molar refractivity (Wildman–Crippen MR) is 81.8 cm³/mol. The van der Waals surface area contributed by atoms with Crippen LogP contribution in [0.5, 0.6) is 0 Å². The lowest BCUT2D eigenvalue weighted by molar-refractivity contribution is -0.0582. The molecule has 3 rings (SSSR count). The summed E-state index contributed by atoms with van der Waals surface area (Å²) in [7, 11) is 0. The molecule has 1 amide bonds. The van der Waals surface area contributed by atoms with Gasteiger partial charge >= 0.3 is 0 Å². The number of rotatable bonds is 6. The highest BCUT2D eigenvalue weighted by atomic mass is 16.6. The van der Waals surface area contributed by atoms with Crippen LogP contribution in [0.4, 0.5) is 0 Å². The fourth-order valence-electron chi connectivity index (χ4n) is 2.69. The van der Waals surface area contributed by atoms with Crippen LogP contribution in [0.1, 0.15) is 16.9 Å². The number of carbonyl (C=O) groups excluding carboxylic acids is 1. The number of hydrogen-bond acceptors (Lipinski definition) is 4. The van der Waals surface area contributed by atoms with E-state index in [9.17, 15) is 4.79 Å². The van der Waals surface area contributed by atoms with Crippen molar-refractivity contribution in [3.05, 3.63) is 36.0 Å². The average molecular weight is 304 g/mol. The molecule has 0 bridgehead atoms. The molecule has 1 aliphatic rings. The van der Waals surface area contributed by atoms with Crippen LogP contribution in [-0.4, -0.2) is 54.6 Å². The summed E-state index contributed by atoms with van der Waals surface area (Å²) in [4.78, 5) is 15.4. The van der Waals surface area contributed by atoms with Crippen molar-refractivity contribution in [2.45, 2.75) is 12.0 Å². The van der Waals surface area contributed by atoms with Gasteiger partial charge in [-0.25, -0.2) is 0 Å². The monoisotopic (exact) mass is 304 g/mol. The maximum absolute atomic E-state index is 12.3. The van der Waals surface area contributed by atoms with Gasteiger partial charge in [0.15, 0.2) is 0 Å². The molecule has 6 nitrogen and oxygen atoms in total. The van der Waals surface area contributed by atoms with E-state index in [0.29, 0.717) is 31.9 Å². The summed E-state index contributed by atoms with van der Waals surface area (Å²) < 4.78 is 11.1. The second-order valence-electron chi connectivity index (χ2n) is 5.51. The quantitative estimate of drug-likeness (QED) is 0.745. The van der Waals surface area contributed by atoms with E-state index in [0.717, 1.165) is 10.9 Å². The fraction of sp³-hybridized carbons (Fsp3) is 0.438. The Kier molecular flexibility index (Phi) is 4.42. The Labute approximate surface area is 128 Å². The average Bonchev–Trinajstić information content (AvgIpc) is 3.18. The number of para-hydroxylation sites is 1. The third-order valence-corrected chi connectivity index (χ3v) is 3.91. The molecule has 6 heteroatoms. The smallest absolute Gasteiger partial charge is 0.267 e. The van der Waals surface area contributed by atoms with E-state index in [4.69, 9.17) is 14.6 Å². The van der Waals surface area contributed by atoms with E-state index in [1.807, 2.05) is 30.3 Å². The molecule has 1 unspecified atom stereocenters. The van der Waals surface area contributed by atoms with Crippen LogP contribution in [-0.2, 0) is 9.47 Å². The molecular formula is C16H20N2O4. The zero-order valence-corrected chi connectivity index (χ0v) is 12.3. The van der Waals surface area contributed by atoms with E-state index in [-0.39, 0.29) is 19.1 Å². The normalized spacial score (nSPS) is 21.3. The molecule has 1 aromatic heterocycles. The zero-order chi connectivity index (χ0) is 15.4. The SMILES string of the molecule is O=C(NCC1(OCCO)CCOC1)c1cc2ccccc2[nH]1. The zero-order valence-electron chi connectivity index (χ0n) is 12.3. The molecule has 0 radical (unpaired) electrons. The summed E-state index contributed by atoms with van der Waals surface area (Å²) in [6, 6.07) is 9.58. The van der Waals surface area contributed by atoms with E-state index in [1.165, 1.54) is 0 Å². The van der Waals surface area contributed by atoms with Crippen molar-refractivity contribution in [3.63, 3.8) is 0 Å². The molecule has 0 saturated carbocycles. The highest BCUT2D eigenvalue weighted by molar-refractivity contribution is 5.98. The van der Waals surface area contributed by atoms with Gasteiger partial charge < -0.3 is 24.9 Å². The predicted octanol–water partition coefficient (Wildman–Crippen LogP) is 1.07. The standard InChI is InChI=1S/C16H20N2O4/c19-6-8-22-16(5-7-21-11-16)10-17-15(20)14-9-12-3-1-2-4-13(12)18-14/h1-4,9,18-19H,5-8,10-11H2,(H,17,20). The van der Waals surface area contributed by atoms with E-state index >= 15 is 0 Å². The van der Waals surface area contributed by atoms with Crippen molar-refractivity contribution < 1.29 is 19.4 Å². The fourth-order valence-corrected chi connectivity index (χ4v) is 2.69. The molecule has 0 aliphatic carbocycles. The van der Waals surface area contributed by atoms with Crippen molar-refractivity contribution in [2.24, 2.45) is 0 Å². The molecular weight excluding hydrogens is 284 g/mol. The summed E-state index contributed by atoms with van der Waals surface area (Å²) in [5.74, 6) is -0.171. The first-order valence-corrected chi connectivity index (χ1v) is 7.41. The Morgan fingerprint density at radius 2 is 2.32 bits per heavy atom. The number of carbonyl (C=O) groups is 1. The Morgan fingerprint density at radius 1 is 1.45 bits per heavy atom. The summed E-state index contributed by atoms with van der Waals surface area (Å²) in [6.45, 7) is 1.60. The van der Waals surface area contributed by atoms with Gasteiger partial charge in [0.2, 0.25) is 0 Å². The highest BCUT2D eigenvalue weighted by Gasteiger charge is 2.36. The molecule has 0 spiro atoms. The minimum absolute atomic E-state index is 0.0439. The van der Waals surface area contributed by atoms with Crippen LogP contribution in [0.3, 0.4) is 0 Å². The second-order valence-corrected chi connectivity index (χ2v) is 5.51. The van der Waals surface area contributed by atoms with Crippen molar-refractivity contribution in [2.75, 3.05) is 33.0 Å². The van der Waals surface area contributed by atoms with Crippen molar-refractivity contribution >= 4 is 16.8 Å². The second kappa shape index (κ2) is 6.48. The van der Waals surface area contributed by atoms with Gasteiger partial charge in [0.05, 0.1) is 19.8 Å². The topological polar surface area (TPSA) is 83.6 Å². The number of benzene rings is 1. The van der Waals surface area contributed by atoms with Crippen molar-refractivity contribution in [3.8, 4) is 0 Å². The number of aliphatic hydroxyl groups excluding tert-OH is 1. The first-order chi connectivity index (χ1) is 10.7. The highest BCUT2D eigenvalue weighted by Crippen LogP contribution is 2.22. The van der Waals surface area contributed by atoms with Gasteiger partial charge in [-0.2, -0.15) is 0 Å².